The van der Waals surface area contributed by atoms with Crippen LogP contribution in [0, 0.1) is 0 Å². The minimum atomic E-state index is -0.533. The molecule has 4 nitrogen and oxygen atoms in total. The van der Waals surface area contributed by atoms with Crippen molar-refractivity contribution < 1.29 is 20.4 Å². The molecule has 0 bridgehead atoms. The predicted octanol–water partition coefficient (Wildman–Crippen LogP) is 12.1. The minimum Gasteiger partial charge on any atom is -0.508 e. The first-order chi connectivity index (χ1) is 24.0. The number of hydrogen-bond donors (Lipinski definition) is 4. The third kappa shape index (κ3) is 8.02. The van der Waals surface area contributed by atoms with Crippen molar-refractivity contribution >= 4 is 0 Å². The highest BCUT2D eigenvalue weighted by Gasteiger charge is 2.31. The Balaban J connectivity index is 1.86. The Morgan fingerprint density at radius 3 is 0.769 bits per heavy atom. The molecule has 0 atom stereocenters. The van der Waals surface area contributed by atoms with Gasteiger partial charge in [0, 0.05) is 34.1 Å². The van der Waals surface area contributed by atoms with E-state index in [1.165, 1.54) is 0 Å². The molecular formula is C48H58O4. The van der Waals surface area contributed by atoms with Crippen LogP contribution in [-0.2, 0) is 21.7 Å². The van der Waals surface area contributed by atoms with E-state index in [0.29, 0.717) is 22.3 Å². The number of phenolic OH excluding ortho intramolecular Hbond substituents is 4. The highest BCUT2D eigenvalue weighted by molar-refractivity contribution is 5.59. The molecule has 0 aromatic heterocycles. The number of hydrogen-bond acceptors (Lipinski definition) is 4. The van der Waals surface area contributed by atoms with Gasteiger partial charge in [0.15, 0.2) is 0 Å². The molecule has 0 aliphatic rings. The van der Waals surface area contributed by atoms with E-state index in [0.717, 1.165) is 33.4 Å². The van der Waals surface area contributed by atoms with Gasteiger partial charge < -0.3 is 20.4 Å². The lowest BCUT2D eigenvalue weighted by molar-refractivity contribution is 0.456. The molecule has 5 aromatic rings. The highest BCUT2D eigenvalue weighted by Crippen LogP contribution is 2.47. The van der Waals surface area contributed by atoms with Crippen LogP contribution in [0.2, 0.25) is 0 Å². The fourth-order valence-electron chi connectivity index (χ4n) is 6.98. The van der Waals surface area contributed by atoms with E-state index in [2.05, 4.69) is 113 Å². The second-order valence-electron chi connectivity index (χ2n) is 18.6. The van der Waals surface area contributed by atoms with Crippen LogP contribution in [0.4, 0.5) is 0 Å². The van der Waals surface area contributed by atoms with E-state index in [4.69, 9.17) is 0 Å². The van der Waals surface area contributed by atoms with Crippen molar-refractivity contribution in [2.24, 2.45) is 0 Å². The van der Waals surface area contributed by atoms with E-state index in [1.54, 1.807) is 24.3 Å². The molecule has 0 aliphatic heterocycles. The fourth-order valence-corrected chi connectivity index (χ4v) is 6.98. The molecule has 0 saturated carbocycles. The third-order valence-electron chi connectivity index (χ3n) is 10.4. The van der Waals surface area contributed by atoms with Gasteiger partial charge in [0.25, 0.3) is 0 Å². The largest absolute Gasteiger partial charge is 0.508 e. The molecule has 0 fully saturated rings. The summed E-state index contributed by atoms with van der Waals surface area (Å²) in [6, 6.07) is 31.3. The van der Waals surface area contributed by atoms with E-state index in [-0.39, 0.29) is 44.7 Å². The Hall–Kier alpha value is -4.70. The van der Waals surface area contributed by atoms with Gasteiger partial charge >= 0.3 is 0 Å². The topological polar surface area (TPSA) is 80.9 Å². The van der Waals surface area contributed by atoms with Gasteiger partial charge in [-0.3, -0.25) is 0 Å². The molecule has 4 N–H and O–H groups in total. The first-order valence-corrected chi connectivity index (χ1v) is 18.4. The molecule has 0 amide bonds. The zero-order chi connectivity index (χ0) is 38.6. The maximum Gasteiger partial charge on any atom is 0.119 e. The number of aromatic hydroxyl groups is 4. The van der Waals surface area contributed by atoms with Crippen molar-refractivity contribution in [2.75, 3.05) is 0 Å². The molecule has 0 spiro atoms. The molecule has 5 aromatic carbocycles. The minimum absolute atomic E-state index is 0.145. The van der Waals surface area contributed by atoms with E-state index < -0.39 is 11.8 Å². The first kappa shape index (κ1) is 38.5. The normalized spacial score (nSPS) is 12.9. The zero-order valence-electron chi connectivity index (χ0n) is 33.2. The second kappa shape index (κ2) is 13.7. The van der Waals surface area contributed by atoms with Crippen molar-refractivity contribution in [1.82, 2.24) is 0 Å². The van der Waals surface area contributed by atoms with E-state index >= 15 is 0 Å². The molecule has 0 heterocycles. The maximum atomic E-state index is 11.6. The van der Waals surface area contributed by atoms with Crippen LogP contribution in [0.25, 0.3) is 0 Å². The summed E-state index contributed by atoms with van der Waals surface area (Å²) in [7, 11) is 0. The molecule has 274 valence electrons. The average Bonchev–Trinajstić information content (AvgIpc) is 3.03. The summed E-state index contributed by atoms with van der Waals surface area (Å²) in [6.45, 7) is 25.8. The zero-order valence-corrected chi connectivity index (χ0v) is 33.2. The van der Waals surface area contributed by atoms with Crippen LogP contribution < -0.4 is 0 Å². The quantitative estimate of drug-likeness (QED) is 0.133. The summed E-state index contributed by atoms with van der Waals surface area (Å²) in [5.74, 6) is -0.486. The average molecular weight is 699 g/mol. The lowest BCUT2D eigenvalue weighted by Gasteiger charge is -2.29. The summed E-state index contributed by atoms with van der Waals surface area (Å²) < 4.78 is 0. The van der Waals surface area contributed by atoms with Gasteiger partial charge in [-0.25, -0.2) is 0 Å². The SMILES string of the molecule is CC(C)(C)c1ccc(O)c(C(c2cccc(C(c3cc(C(C)(C)C)ccc3O)c3cc(C(C)(C)C)ccc3O)c2)c2cc(C(C)(C)C)ccc2O)c1. The van der Waals surface area contributed by atoms with E-state index in [9.17, 15) is 20.4 Å². The molecule has 52 heavy (non-hydrogen) atoms. The van der Waals surface area contributed by atoms with Crippen molar-refractivity contribution in [3.63, 3.8) is 0 Å². The molecule has 5 rings (SSSR count). The Morgan fingerprint density at radius 2 is 0.558 bits per heavy atom. The lowest BCUT2D eigenvalue weighted by Crippen LogP contribution is -2.16. The molecule has 4 heteroatoms. The summed E-state index contributed by atoms with van der Waals surface area (Å²) in [4.78, 5) is 0. The Bertz CT molecular complexity index is 1800. The number of rotatable bonds is 6. The number of benzene rings is 5. The summed E-state index contributed by atoms with van der Waals surface area (Å²) in [5.41, 5.74) is 8.05. The Kier molecular flexibility index (Phi) is 10.1. The highest BCUT2D eigenvalue weighted by atomic mass is 16.3. The molecule has 0 aliphatic carbocycles. The smallest absolute Gasteiger partial charge is 0.119 e. The monoisotopic (exact) mass is 698 g/mol. The van der Waals surface area contributed by atoms with Crippen LogP contribution in [0.5, 0.6) is 23.0 Å². The fraction of sp³-hybridized carbons (Fsp3) is 0.375. The second-order valence-corrected chi connectivity index (χ2v) is 18.6. The maximum absolute atomic E-state index is 11.6. The van der Waals surface area contributed by atoms with Crippen molar-refractivity contribution in [1.29, 1.82) is 0 Å². The van der Waals surface area contributed by atoms with Crippen LogP contribution in [0.1, 0.15) is 151 Å². The van der Waals surface area contributed by atoms with Crippen molar-refractivity contribution in [3.05, 3.63) is 153 Å². The van der Waals surface area contributed by atoms with Gasteiger partial charge in [0.05, 0.1) is 0 Å². The van der Waals surface area contributed by atoms with Gasteiger partial charge in [-0.2, -0.15) is 0 Å². The number of phenols is 4. The standard InChI is InChI=1S/C48H58O4/c1-45(2,3)31-16-20-39(49)35(25-31)43(36-26-32(46(4,5)6)17-21-40(36)50)29-14-13-15-30(24-29)44(37-27-33(47(7,8)9)18-22-41(37)51)38-28-34(48(10,11)12)19-23-42(38)52/h13-28,43-44,49-52H,1-12H3. The van der Waals surface area contributed by atoms with Crippen molar-refractivity contribution in [3.8, 4) is 23.0 Å². The molecular weight excluding hydrogens is 641 g/mol. The first-order valence-electron chi connectivity index (χ1n) is 18.4. The predicted molar refractivity (Wildman–Crippen MR) is 216 cm³/mol. The van der Waals surface area contributed by atoms with Gasteiger partial charge in [-0.15, -0.1) is 0 Å². The van der Waals surface area contributed by atoms with E-state index in [1.807, 2.05) is 42.5 Å². The van der Waals surface area contributed by atoms with Gasteiger partial charge in [-0.05, 0) is 79.3 Å². The van der Waals surface area contributed by atoms with Crippen LogP contribution in [0.3, 0.4) is 0 Å². The van der Waals surface area contributed by atoms with Gasteiger partial charge in [0.1, 0.15) is 23.0 Å². The van der Waals surface area contributed by atoms with Gasteiger partial charge in [-0.1, -0.05) is 156 Å². The van der Waals surface area contributed by atoms with Crippen LogP contribution >= 0.6 is 0 Å². The van der Waals surface area contributed by atoms with Crippen molar-refractivity contribution in [2.45, 2.75) is 117 Å². The molecule has 0 unspecified atom stereocenters. The summed E-state index contributed by atoms with van der Waals surface area (Å²) >= 11 is 0. The summed E-state index contributed by atoms with van der Waals surface area (Å²) in [5, 5.41) is 46.3. The summed E-state index contributed by atoms with van der Waals surface area (Å²) in [6.07, 6.45) is 0. The molecule has 0 radical (unpaired) electrons. The van der Waals surface area contributed by atoms with Gasteiger partial charge in [0.2, 0.25) is 0 Å². The Labute approximate surface area is 311 Å². The third-order valence-corrected chi connectivity index (χ3v) is 10.4. The van der Waals surface area contributed by atoms with Crippen LogP contribution in [0.15, 0.2) is 97.1 Å². The van der Waals surface area contributed by atoms with Crippen LogP contribution in [-0.4, -0.2) is 20.4 Å². The lowest BCUT2D eigenvalue weighted by atomic mass is 9.75. The Morgan fingerprint density at radius 1 is 0.327 bits per heavy atom. The molecule has 0 saturated heterocycles.